The standard InChI is InChI=1S/C13H22N6/c1-4-6-14-12(13-9-15-18-16-13)8-11-7-10(5-2)17-19(11)3/h7,9,12,14H,4-6,8H2,1-3H3,(H,15,16,18). The Balaban J connectivity index is 2.12. The van der Waals surface area contributed by atoms with Crippen molar-refractivity contribution in [2.24, 2.45) is 7.05 Å². The maximum absolute atomic E-state index is 4.49. The van der Waals surface area contributed by atoms with Crippen molar-refractivity contribution in [1.82, 2.24) is 30.5 Å². The van der Waals surface area contributed by atoms with Crippen molar-refractivity contribution in [3.05, 3.63) is 29.3 Å². The zero-order chi connectivity index (χ0) is 13.7. The van der Waals surface area contributed by atoms with Gasteiger partial charge >= 0.3 is 0 Å². The highest BCUT2D eigenvalue weighted by molar-refractivity contribution is 5.14. The molecular weight excluding hydrogens is 240 g/mol. The Hall–Kier alpha value is -1.69. The van der Waals surface area contributed by atoms with Crippen LogP contribution in [0.3, 0.4) is 0 Å². The highest BCUT2D eigenvalue weighted by atomic mass is 15.3. The van der Waals surface area contributed by atoms with E-state index in [9.17, 15) is 0 Å². The molecule has 0 fully saturated rings. The normalized spacial score (nSPS) is 12.8. The molecule has 2 N–H and O–H groups in total. The first-order valence-corrected chi connectivity index (χ1v) is 6.85. The van der Waals surface area contributed by atoms with Crippen LogP contribution in [-0.2, 0) is 19.9 Å². The molecule has 0 aromatic carbocycles. The predicted octanol–water partition coefficient (Wildman–Crippen LogP) is 1.38. The summed E-state index contributed by atoms with van der Waals surface area (Å²) in [7, 11) is 1.99. The quantitative estimate of drug-likeness (QED) is 0.791. The fourth-order valence-electron chi connectivity index (χ4n) is 2.12. The van der Waals surface area contributed by atoms with Crippen molar-refractivity contribution < 1.29 is 0 Å². The minimum Gasteiger partial charge on any atom is -0.308 e. The summed E-state index contributed by atoms with van der Waals surface area (Å²) >= 11 is 0. The molecule has 2 heterocycles. The summed E-state index contributed by atoms with van der Waals surface area (Å²) in [5.41, 5.74) is 3.30. The molecule has 0 spiro atoms. The maximum Gasteiger partial charge on any atom is 0.0997 e. The van der Waals surface area contributed by atoms with Crippen LogP contribution in [0.2, 0.25) is 0 Å². The van der Waals surface area contributed by atoms with Crippen LogP contribution in [0.4, 0.5) is 0 Å². The van der Waals surface area contributed by atoms with Crippen molar-refractivity contribution in [2.75, 3.05) is 6.54 Å². The van der Waals surface area contributed by atoms with Crippen LogP contribution in [0.25, 0.3) is 0 Å². The van der Waals surface area contributed by atoms with Gasteiger partial charge in [-0.25, -0.2) is 0 Å². The van der Waals surface area contributed by atoms with Crippen molar-refractivity contribution in [1.29, 1.82) is 0 Å². The molecule has 0 aliphatic heterocycles. The van der Waals surface area contributed by atoms with Crippen LogP contribution in [0.15, 0.2) is 12.3 Å². The number of nitrogens with one attached hydrogen (secondary N) is 2. The molecular formula is C13H22N6. The van der Waals surface area contributed by atoms with Gasteiger partial charge in [-0.3, -0.25) is 4.68 Å². The summed E-state index contributed by atoms with van der Waals surface area (Å²) in [5, 5.41) is 18.8. The second-order valence-corrected chi connectivity index (χ2v) is 4.71. The van der Waals surface area contributed by atoms with E-state index < -0.39 is 0 Å². The molecule has 6 heteroatoms. The lowest BCUT2D eigenvalue weighted by atomic mass is 10.1. The Labute approximate surface area is 113 Å². The number of nitrogens with zero attached hydrogens (tertiary/aromatic N) is 4. The molecule has 19 heavy (non-hydrogen) atoms. The van der Waals surface area contributed by atoms with E-state index in [4.69, 9.17) is 0 Å². The molecule has 0 saturated carbocycles. The zero-order valence-corrected chi connectivity index (χ0v) is 11.8. The first kappa shape index (κ1) is 13.7. The molecule has 0 saturated heterocycles. The molecule has 0 aliphatic carbocycles. The number of aromatic nitrogens is 5. The van der Waals surface area contributed by atoms with Crippen LogP contribution >= 0.6 is 0 Å². The van der Waals surface area contributed by atoms with Gasteiger partial charge in [0, 0.05) is 19.2 Å². The van der Waals surface area contributed by atoms with Gasteiger partial charge in [-0.1, -0.05) is 13.8 Å². The summed E-state index contributed by atoms with van der Waals surface area (Å²) in [6.45, 7) is 5.25. The van der Waals surface area contributed by atoms with Gasteiger partial charge < -0.3 is 5.32 Å². The van der Waals surface area contributed by atoms with Gasteiger partial charge in [0.05, 0.1) is 23.6 Å². The van der Waals surface area contributed by atoms with Gasteiger partial charge in [0.25, 0.3) is 0 Å². The maximum atomic E-state index is 4.49. The van der Waals surface area contributed by atoms with Crippen LogP contribution in [0.1, 0.15) is 43.4 Å². The first-order chi connectivity index (χ1) is 9.24. The molecule has 0 bridgehead atoms. The molecule has 0 amide bonds. The van der Waals surface area contributed by atoms with Gasteiger partial charge in [-0.05, 0) is 25.5 Å². The number of rotatable bonds is 7. The highest BCUT2D eigenvalue weighted by Gasteiger charge is 2.16. The van der Waals surface area contributed by atoms with Gasteiger partial charge in [0.1, 0.15) is 0 Å². The van der Waals surface area contributed by atoms with E-state index in [0.717, 1.165) is 37.2 Å². The lowest BCUT2D eigenvalue weighted by molar-refractivity contribution is 0.501. The van der Waals surface area contributed by atoms with Crippen molar-refractivity contribution in [3.63, 3.8) is 0 Å². The Kier molecular flexibility index (Phi) is 4.68. The van der Waals surface area contributed by atoms with Crippen LogP contribution in [0.5, 0.6) is 0 Å². The van der Waals surface area contributed by atoms with E-state index >= 15 is 0 Å². The average molecular weight is 262 g/mol. The second kappa shape index (κ2) is 6.47. The summed E-state index contributed by atoms with van der Waals surface area (Å²) in [6.07, 6.45) is 4.71. The van der Waals surface area contributed by atoms with E-state index in [2.05, 4.69) is 45.7 Å². The molecule has 2 rings (SSSR count). The largest absolute Gasteiger partial charge is 0.308 e. The third kappa shape index (κ3) is 3.41. The minimum absolute atomic E-state index is 0.179. The van der Waals surface area contributed by atoms with E-state index in [1.807, 2.05) is 11.7 Å². The van der Waals surface area contributed by atoms with E-state index in [0.29, 0.717) is 0 Å². The number of H-pyrrole nitrogens is 1. The summed E-state index contributed by atoms with van der Waals surface area (Å²) in [4.78, 5) is 0. The number of aryl methyl sites for hydroxylation is 2. The number of aromatic amines is 1. The molecule has 104 valence electrons. The second-order valence-electron chi connectivity index (χ2n) is 4.71. The van der Waals surface area contributed by atoms with Crippen molar-refractivity contribution in [3.8, 4) is 0 Å². The third-order valence-electron chi connectivity index (χ3n) is 3.23. The lowest BCUT2D eigenvalue weighted by Crippen LogP contribution is -2.25. The van der Waals surface area contributed by atoms with Crippen LogP contribution in [0, 0.1) is 0 Å². The smallest absolute Gasteiger partial charge is 0.0997 e. The topological polar surface area (TPSA) is 71.4 Å². The van der Waals surface area contributed by atoms with E-state index in [-0.39, 0.29) is 6.04 Å². The number of hydrogen-bond acceptors (Lipinski definition) is 4. The molecule has 0 radical (unpaired) electrons. The molecule has 2 aromatic heterocycles. The van der Waals surface area contributed by atoms with Gasteiger partial charge in [-0.15, -0.1) is 0 Å². The zero-order valence-electron chi connectivity index (χ0n) is 11.8. The fourth-order valence-corrected chi connectivity index (χ4v) is 2.12. The highest BCUT2D eigenvalue weighted by Crippen LogP contribution is 2.16. The first-order valence-electron chi connectivity index (χ1n) is 6.85. The monoisotopic (exact) mass is 262 g/mol. The van der Waals surface area contributed by atoms with E-state index in [1.165, 1.54) is 5.69 Å². The molecule has 0 aliphatic rings. The van der Waals surface area contributed by atoms with Crippen LogP contribution < -0.4 is 5.32 Å². The summed E-state index contributed by atoms with van der Waals surface area (Å²) in [5.74, 6) is 0. The number of hydrogen-bond donors (Lipinski definition) is 2. The summed E-state index contributed by atoms with van der Waals surface area (Å²) < 4.78 is 1.96. The van der Waals surface area contributed by atoms with Crippen LogP contribution in [-0.4, -0.2) is 31.7 Å². The van der Waals surface area contributed by atoms with Gasteiger partial charge in [0.2, 0.25) is 0 Å². The SMILES string of the molecule is CCCNC(Cc1cc(CC)nn1C)c1cn[nH]n1. The van der Waals surface area contributed by atoms with Gasteiger partial charge in [-0.2, -0.15) is 20.5 Å². The molecule has 6 nitrogen and oxygen atoms in total. The van der Waals surface area contributed by atoms with Crippen molar-refractivity contribution in [2.45, 2.75) is 39.2 Å². The fraction of sp³-hybridized carbons (Fsp3) is 0.615. The Bertz CT molecular complexity index is 487. The molecule has 1 unspecified atom stereocenters. The minimum atomic E-state index is 0.179. The lowest BCUT2D eigenvalue weighted by Gasteiger charge is -2.15. The Morgan fingerprint density at radius 3 is 2.84 bits per heavy atom. The molecule has 2 aromatic rings. The molecule has 1 atom stereocenters. The Morgan fingerprint density at radius 1 is 1.42 bits per heavy atom. The Morgan fingerprint density at radius 2 is 2.26 bits per heavy atom. The summed E-state index contributed by atoms with van der Waals surface area (Å²) in [6, 6.07) is 2.35. The van der Waals surface area contributed by atoms with Crippen molar-refractivity contribution >= 4 is 0 Å². The third-order valence-corrected chi connectivity index (χ3v) is 3.23. The average Bonchev–Trinajstić information content (AvgIpc) is 3.04. The predicted molar refractivity (Wildman–Crippen MR) is 73.7 cm³/mol. The van der Waals surface area contributed by atoms with Gasteiger partial charge in [0.15, 0.2) is 0 Å². The van der Waals surface area contributed by atoms with E-state index in [1.54, 1.807) is 6.20 Å².